The predicted octanol–water partition coefficient (Wildman–Crippen LogP) is 0.123. The van der Waals surface area contributed by atoms with Gasteiger partial charge in [0.05, 0.1) is 5.92 Å². The third-order valence-corrected chi connectivity index (χ3v) is 6.61. The summed E-state index contributed by atoms with van der Waals surface area (Å²) < 4.78 is 7.09. The predicted molar refractivity (Wildman–Crippen MR) is 99.6 cm³/mol. The van der Waals surface area contributed by atoms with E-state index in [0.717, 1.165) is 12.8 Å². The minimum atomic E-state index is -0.305. The molecule has 0 spiro atoms. The quantitative estimate of drug-likeness (QED) is 0.665. The van der Waals surface area contributed by atoms with Crippen LogP contribution >= 0.6 is 11.8 Å². The van der Waals surface area contributed by atoms with Crippen molar-refractivity contribution in [2.45, 2.75) is 37.6 Å². The van der Waals surface area contributed by atoms with Crippen LogP contribution in [0.5, 0.6) is 0 Å². The summed E-state index contributed by atoms with van der Waals surface area (Å²) in [7, 11) is 0. The summed E-state index contributed by atoms with van der Waals surface area (Å²) in [6, 6.07) is 0. The largest absolute Gasteiger partial charge is 0.368 e. The Morgan fingerprint density at radius 2 is 1.89 bits per heavy atom. The van der Waals surface area contributed by atoms with Crippen LogP contribution in [0.4, 0.5) is 0 Å². The van der Waals surface area contributed by atoms with Crippen molar-refractivity contribution in [2.75, 3.05) is 38.5 Å². The van der Waals surface area contributed by atoms with Crippen LogP contribution in [0.1, 0.15) is 18.4 Å². The summed E-state index contributed by atoms with van der Waals surface area (Å²) >= 11 is 1.46. The van der Waals surface area contributed by atoms with Gasteiger partial charge in [0.15, 0.2) is 5.16 Å². The van der Waals surface area contributed by atoms with Crippen LogP contribution in [0.2, 0.25) is 0 Å². The second-order valence-electron chi connectivity index (χ2n) is 7.30. The third kappa shape index (κ3) is 3.62. The molecule has 3 aliphatic heterocycles. The highest BCUT2D eigenvalue weighted by Crippen LogP contribution is 2.26. The van der Waals surface area contributed by atoms with E-state index in [4.69, 9.17) is 4.74 Å². The highest BCUT2D eigenvalue weighted by Gasteiger charge is 2.34. The number of hydrogen-bond donors (Lipinski definition) is 0. The van der Waals surface area contributed by atoms with Gasteiger partial charge in [0.1, 0.15) is 6.10 Å². The van der Waals surface area contributed by atoms with E-state index in [1.807, 2.05) is 9.80 Å². The highest BCUT2D eigenvalue weighted by molar-refractivity contribution is 7.99. The van der Waals surface area contributed by atoms with Gasteiger partial charge in [-0.25, -0.2) is 4.98 Å². The summed E-state index contributed by atoms with van der Waals surface area (Å²) in [5.74, 6) is 0.508. The first-order chi connectivity index (χ1) is 13.0. The number of ether oxygens (including phenoxy) is 1. The smallest absolute Gasteiger partial charge is 0.257 e. The monoisotopic (exact) mass is 392 g/mol. The van der Waals surface area contributed by atoms with Crippen LogP contribution in [-0.2, 0) is 20.9 Å². The van der Waals surface area contributed by atoms with Crippen molar-refractivity contribution in [3.05, 3.63) is 22.1 Å². The maximum absolute atomic E-state index is 12.9. The number of carbonyl (C=O) groups is 2. The normalized spacial score (nSPS) is 25.4. The summed E-state index contributed by atoms with van der Waals surface area (Å²) in [5.41, 5.74) is 0.519. The maximum atomic E-state index is 12.9. The van der Waals surface area contributed by atoms with Crippen molar-refractivity contribution < 1.29 is 14.3 Å². The lowest BCUT2D eigenvalue weighted by Gasteiger charge is -2.38. The molecule has 2 fully saturated rings. The van der Waals surface area contributed by atoms with E-state index in [9.17, 15) is 14.4 Å². The standard InChI is InChI=1S/C18H24N4O4S/c1-12-9-19-18-22(15(12)23)10-13(11-27-18)16(24)20-4-6-21(7-5-20)17(25)14-3-2-8-26-14/h9,13-14H,2-8,10-11H2,1H3. The molecule has 0 saturated carbocycles. The van der Waals surface area contributed by atoms with Gasteiger partial charge in [-0.05, 0) is 19.8 Å². The number of thioether (sulfide) groups is 1. The first-order valence-electron chi connectivity index (χ1n) is 9.43. The van der Waals surface area contributed by atoms with Gasteiger partial charge < -0.3 is 14.5 Å². The maximum Gasteiger partial charge on any atom is 0.257 e. The second kappa shape index (κ2) is 7.63. The number of rotatable bonds is 2. The second-order valence-corrected chi connectivity index (χ2v) is 8.29. The number of fused-ring (bicyclic) bond motifs is 1. The Morgan fingerprint density at radius 3 is 2.56 bits per heavy atom. The van der Waals surface area contributed by atoms with Crippen LogP contribution in [0, 0.1) is 12.8 Å². The van der Waals surface area contributed by atoms with Crippen molar-refractivity contribution in [2.24, 2.45) is 5.92 Å². The van der Waals surface area contributed by atoms with Gasteiger partial charge in [-0.1, -0.05) is 11.8 Å². The number of piperazine rings is 1. The number of amides is 2. The lowest BCUT2D eigenvalue weighted by atomic mass is 10.1. The van der Waals surface area contributed by atoms with Crippen LogP contribution in [-0.4, -0.2) is 75.8 Å². The fourth-order valence-electron chi connectivity index (χ4n) is 3.83. The molecule has 0 radical (unpaired) electrons. The molecule has 1 aromatic rings. The van der Waals surface area contributed by atoms with Gasteiger partial charge in [0, 0.05) is 56.8 Å². The zero-order valence-corrected chi connectivity index (χ0v) is 16.2. The summed E-state index contributed by atoms with van der Waals surface area (Å²) in [4.78, 5) is 45.6. The van der Waals surface area contributed by atoms with E-state index >= 15 is 0 Å². The zero-order chi connectivity index (χ0) is 19.0. The number of aryl methyl sites for hydroxylation is 1. The van der Waals surface area contributed by atoms with E-state index in [1.165, 1.54) is 11.8 Å². The Kier molecular flexibility index (Phi) is 5.23. The third-order valence-electron chi connectivity index (χ3n) is 5.46. The van der Waals surface area contributed by atoms with Gasteiger partial charge in [-0.3, -0.25) is 19.0 Å². The Hall–Kier alpha value is -1.87. The molecular weight excluding hydrogens is 368 g/mol. The Morgan fingerprint density at radius 1 is 1.19 bits per heavy atom. The molecule has 9 heteroatoms. The van der Waals surface area contributed by atoms with Crippen molar-refractivity contribution in [3.63, 3.8) is 0 Å². The molecule has 2 amide bonds. The summed E-state index contributed by atoms with van der Waals surface area (Å²) in [6.45, 7) is 4.93. The molecular formula is C18H24N4O4S. The molecule has 0 aromatic carbocycles. The van der Waals surface area contributed by atoms with E-state index in [2.05, 4.69) is 4.98 Å². The number of nitrogens with zero attached hydrogens (tertiary/aromatic N) is 4. The summed E-state index contributed by atoms with van der Waals surface area (Å²) in [5, 5.41) is 0.682. The molecule has 4 heterocycles. The highest BCUT2D eigenvalue weighted by atomic mass is 32.2. The van der Waals surface area contributed by atoms with Gasteiger partial charge in [-0.2, -0.15) is 0 Å². The van der Waals surface area contributed by atoms with Crippen LogP contribution < -0.4 is 5.56 Å². The topological polar surface area (TPSA) is 84.7 Å². The average Bonchev–Trinajstić information content (AvgIpc) is 3.24. The Bertz CT molecular complexity index is 797. The molecule has 3 aliphatic rings. The molecule has 2 saturated heterocycles. The van der Waals surface area contributed by atoms with E-state index in [0.29, 0.717) is 55.8 Å². The van der Waals surface area contributed by atoms with Gasteiger partial charge in [0.25, 0.3) is 11.5 Å². The van der Waals surface area contributed by atoms with Crippen LogP contribution in [0.15, 0.2) is 16.1 Å². The molecule has 146 valence electrons. The Balaban J connectivity index is 1.36. The molecule has 8 nitrogen and oxygen atoms in total. The molecule has 27 heavy (non-hydrogen) atoms. The first kappa shape index (κ1) is 18.5. The number of aromatic nitrogens is 2. The van der Waals surface area contributed by atoms with Crippen molar-refractivity contribution in [3.8, 4) is 0 Å². The lowest BCUT2D eigenvalue weighted by Crippen LogP contribution is -2.54. The first-order valence-corrected chi connectivity index (χ1v) is 10.4. The molecule has 2 unspecified atom stereocenters. The fourth-order valence-corrected chi connectivity index (χ4v) is 4.87. The lowest BCUT2D eigenvalue weighted by molar-refractivity contribution is -0.147. The molecule has 2 atom stereocenters. The van der Waals surface area contributed by atoms with Gasteiger partial charge >= 0.3 is 0 Å². The number of carbonyl (C=O) groups excluding carboxylic acids is 2. The van der Waals surface area contributed by atoms with Crippen molar-refractivity contribution >= 4 is 23.6 Å². The van der Waals surface area contributed by atoms with E-state index in [-0.39, 0.29) is 29.4 Å². The Labute approximate surface area is 161 Å². The van der Waals surface area contributed by atoms with Crippen molar-refractivity contribution in [1.29, 1.82) is 0 Å². The minimum Gasteiger partial charge on any atom is -0.368 e. The molecule has 0 aliphatic carbocycles. The van der Waals surface area contributed by atoms with Crippen molar-refractivity contribution in [1.82, 2.24) is 19.4 Å². The average molecular weight is 392 g/mol. The number of hydrogen-bond acceptors (Lipinski definition) is 6. The molecule has 1 aromatic heterocycles. The minimum absolute atomic E-state index is 0.0508. The molecule has 4 rings (SSSR count). The summed E-state index contributed by atoms with van der Waals surface area (Å²) in [6.07, 6.45) is 3.01. The molecule has 0 bridgehead atoms. The zero-order valence-electron chi connectivity index (χ0n) is 15.4. The van der Waals surface area contributed by atoms with Gasteiger partial charge in [-0.15, -0.1) is 0 Å². The molecule has 0 N–H and O–H groups in total. The fraction of sp³-hybridized carbons (Fsp3) is 0.667. The van der Waals surface area contributed by atoms with E-state index in [1.54, 1.807) is 17.7 Å². The van der Waals surface area contributed by atoms with Crippen LogP contribution in [0.25, 0.3) is 0 Å². The van der Waals surface area contributed by atoms with Crippen LogP contribution in [0.3, 0.4) is 0 Å². The van der Waals surface area contributed by atoms with Gasteiger partial charge in [0.2, 0.25) is 5.91 Å². The van der Waals surface area contributed by atoms with E-state index < -0.39 is 0 Å². The SMILES string of the molecule is Cc1cnc2n(c1=O)CC(C(=O)N1CCN(C(=O)C3CCCO3)CC1)CS2.